The summed E-state index contributed by atoms with van der Waals surface area (Å²) in [5.74, 6) is -0.0562. The highest BCUT2D eigenvalue weighted by Crippen LogP contribution is 2.35. The average molecular weight is 280 g/mol. The van der Waals surface area contributed by atoms with Crippen molar-refractivity contribution in [3.8, 4) is 11.3 Å². The number of fused-ring (bicyclic) bond motifs is 1. The van der Waals surface area contributed by atoms with Crippen molar-refractivity contribution in [1.29, 1.82) is 0 Å². The topological polar surface area (TPSA) is 60.4 Å². The third kappa shape index (κ3) is 1.58. The Morgan fingerprint density at radius 1 is 1.39 bits per heavy atom. The van der Waals surface area contributed by atoms with Crippen LogP contribution in [0.2, 0.25) is 5.02 Å². The van der Waals surface area contributed by atoms with Gasteiger partial charge in [-0.1, -0.05) is 41.1 Å². The van der Waals surface area contributed by atoms with Crippen molar-refractivity contribution in [3.05, 3.63) is 51.0 Å². The SMILES string of the molecule is O=[N+]([O-])c1c(-c2ccccc2Cl)nc2sccn12. The van der Waals surface area contributed by atoms with Crippen molar-refractivity contribution in [1.82, 2.24) is 9.38 Å². The third-order valence-electron chi connectivity index (χ3n) is 2.54. The number of halogens is 1. The summed E-state index contributed by atoms with van der Waals surface area (Å²) in [6, 6.07) is 6.96. The zero-order chi connectivity index (χ0) is 12.7. The van der Waals surface area contributed by atoms with Gasteiger partial charge in [-0.05, 0) is 11.0 Å². The van der Waals surface area contributed by atoms with Gasteiger partial charge >= 0.3 is 5.82 Å². The molecule has 5 nitrogen and oxygen atoms in total. The van der Waals surface area contributed by atoms with E-state index in [1.165, 1.54) is 15.7 Å². The Morgan fingerprint density at radius 2 is 2.17 bits per heavy atom. The summed E-state index contributed by atoms with van der Waals surface area (Å²) < 4.78 is 1.46. The Bertz CT molecular complexity index is 750. The largest absolute Gasteiger partial charge is 0.358 e. The second-order valence-electron chi connectivity index (χ2n) is 3.58. The first-order valence-electron chi connectivity index (χ1n) is 5.03. The van der Waals surface area contributed by atoms with E-state index in [1.54, 1.807) is 35.8 Å². The van der Waals surface area contributed by atoms with E-state index in [1.807, 2.05) is 0 Å². The quantitative estimate of drug-likeness (QED) is 0.532. The lowest BCUT2D eigenvalue weighted by molar-refractivity contribution is -0.389. The molecule has 0 spiro atoms. The Kier molecular flexibility index (Phi) is 2.53. The van der Waals surface area contributed by atoms with E-state index in [9.17, 15) is 10.1 Å². The standard InChI is InChI=1S/C11H6ClN3O2S/c12-8-4-2-1-3-7(8)9-10(15(16)17)14-5-6-18-11(14)13-9/h1-6H. The Labute approximate surface area is 110 Å². The minimum Gasteiger partial charge on any atom is -0.358 e. The molecular weight excluding hydrogens is 274 g/mol. The fourth-order valence-electron chi connectivity index (χ4n) is 1.78. The van der Waals surface area contributed by atoms with Crippen LogP contribution in [0.5, 0.6) is 0 Å². The fourth-order valence-corrected chi connectivity index (χ4v) is 2.72. The number of thiazole rings is 1. The summed E-state index contributed by atoms with van der Waals surface area (Å²) in [7, 11) is 0. The third-order valence-corrected chi connectivity index (χ3v) is 3.63. The van der Waals surface area contributed by atoms with E-state index in [4.69, 9.17) is 11.6 Å². The van der Waals surface area contributed by atoms with Crippen LogP contribution in [0.15, 0.2) is 35.8 Å². The molecule has 0 aliphatic rings. The molecule has 0 fully saturated rings. The molecule has 0 amide bonds. The average Bonchev–Trinajstić information content (AvgIpc) is 2.88. The maximum atomic E-state index is 11.2. The zero-order valence-electron chi connectivity index (χ0n) is 8.91. The predicted molar refractivity (Wildman–Crippen MR) is 70.2 cm³/mol. The molecule has 0 atom stereocenters. The number of rotatable bonds is 2. The van der Waals surface area contributed by atoms with E-state index < -0.39 is 4.92 Å². The van der Waals surface area contributed by atoms with Crippen molar-refractivity contribution < 1.29 is 4.92 Å². The molecule has 0 saturated heterocycles. The first-order valence-corrected chi connectivity index (χ1v) is 6.29. The molecule has 90 valence electrons. The Morgan fingerprint density at radius 3 is 2.89 bits per heavy atom. The molecular formula is C11H6ClN3O2S. The molecule has 0 bridgehead atoms. The lowest BCUT2D eigenvalue weighted by Crippen LogP contribution is -1.94. The van der Waals surface area contributed by atoms with Gasteiger partial charge in [-0.2, -0.15) is 9.38 Å². The van der Waals surface area contributed by atoms with Gasteiger partial charge in [-0.15, -0.1) is 0 Å². The van der Waals surface area contributed by atoms with Gasteiger partial charge in [-0.3, -0.25) is 0 Å². The minimum absolute atomic E-state index is 0.0562. The van der Waals surface area contributed by atoms with Crippen LogP contribution in [-0.4, -0.2) is 14.3 Å². The molecule has 7 heteroatoms. The van der Waals surface area contributed by atoms with Crippen LogP contribution in [0.25, 0.3) is 16.2 Å². The first-order chi connectivity index (χ1) is 8.68. The van der Waals surface area contributed by atoms with Crippen LogP contribution in [-0.2, 0) is 0 Å². The highest BCUT2D eigenvalue weighted by molar-refractivity contribution is 7.15. The molecule has 2 heterocycles. The highest BCUT2D eigenvalue weighted by Gasteiger charge is 2.25. The lowest BCUT2D eigenvalue weighted by Gasteiger charge is -2.00. The zero-order valence-corrected chi connectivity index (χ0v) is 10.5. The van der Waals surface area contributed by atoms with E-state index >= 15 is 0 Å². The Balaban J connectivity index is 2.35. The predicted octanol–water partition coefficient (Wildman–Crippen LogP) is 3.62. The van der Waals surface area contributed by atoms with E-state index in [0.29, 0.717) is 21.2 Å². The number of aromatic nitrogens is 2. The number of benzene rings is 1. The molecule has 0 unspecified atom stereocenters. The highest BCUT2D eigenvalue weighted by atomic mass is 35.5. The van der Waals surface area contributed by atoms with Gasteiger partial charge < -0.3 is 10.1 Å². The summed E-state index contributed by atoms with van der Waals surface area (Å²) >= 11 is 7.41. The van der Waals surface area contributed by atoms with Gasteiger partial charge in [-0.25, -0.2) is 0 Å². The van der Waals surface area contributed by atoms with Gasteiger partial charge in [0.05, 0.1) is 5.02 Å². The number of imidazole rings is 1. The van der Waals surface area contributed by atoms with Gasteiger partial charge in [0.15, 0.2) is 5.69 Å². The second-order valence-corrected chi connectivity index (χ2v) is 4.86. The summed E-state index contributed by atoms with van der Waals surface area (Å²) in [6.07, 6.45) is 1.63. The van der Waals surface area contributed by atoms with Gasteiger partial charge in [0.2, 0.25) is 0 Å². The second kappa shape index (κ2) is 4.08. The number of hydrogen-bond donors (Lipinski definition) is 0. The van der Waals surface area contributed by atoms with Crippen molar-refractivity contribution in [2.75, 3.05) is 0 Å². The number of hydrogen-bond acceptors (Lipinski definition) is 4. The lowest BCUT2D eigenvalue weighted by atomic mass is 10.1. The van der Waals surface area contributed by atoms with Crippen LogP contribution >= 0.6 is 22.9 Å². The maximum absolute atomic E-state index is 11.2. The van der Waals surface area contributed by atoms with E-state index in [0.717, 1.165) is 0 Å². The molecule has 3 rings (SSSR count). The van der Waals surface area contributed by atoms with Crippen molar-refractivity contribution in [2.45, 2.75) is 0 Å². The molecule has 0 N–H and O–H groups in total. The van der Waals surface area contributed by atoms with E-state index in [-0.39, 0.29) is 5.82 Å². The van der Waals surface area contributed by atoms with Crippen molar-refractivity contribution >= 4 is 33.7 Å². The molecule has 0 aliphatic heterocycles. The van der Waals surface area contributed by atoms with Crippen LogP contribution in [0.1, 0.15) is 0 Å². The van der Waals surface area contributed by atoms with Gasteiger partial charge in [0.1, 0.15) is 6.20 Å². The van der Waals surface area contributed by atoms with Crippen LogP contribution in [0, 0.1) is 10.1 Å². The molecule has 3 aromatic rings. The smallest absolute Gasteiger partial charge is 0.356 e. The number of nitro groups is 1. The molecule has 18 heavy (non-hydrogen) atoms. The van der Waals surface area contributed by atoms with E-state index in [2.05, 4.69) is 4.98 Å². The van der Waals surface area contributed by atoms with Crippen molar-refractivity contribution in [3.63, 3.8) is 0 Å². The summed E-state index contributed by atoms with van der Waals surface area (Å²) in [6.45, 7) is 0. The summed E-state index contributed by atoms with van der Waals surface area (Å²) in [5, 5.41) is 13.4. The van der Waals surface area contributed by atoms with Crippen LogP contribution in [0.3, 0.4) is 0 Å². The Hall–Kier alpha value is -1.92. The van der Waals surface area contributed by atoms with Crippen molar-refractivity contribution in [2.24, 2.45) is 0 Å². The maximum Gasteiger partial charge on any atom is 0.356 e. The molecule has 2 aromatic heterocycles. The minimum atomic E-state index is -0.439. The molecule has 0 radical (unpaired) electrons. The van der Waals surface area contributed by atoms with Crippen LogP contribution in [0.4, 0.5) is 5.82 Å². The van der Waals surface area contributed by atoms with Gasteiger partial charge in [0, 0.05) is 10.9 Å². The number of nitrogens with zero attached hydrogens (tertiary/aromatic N) is 3. The molecule has 0 aliphatic carbocycles. The molecule has 0 saturated carbocycles. The molecule has 1 aromatic carbocycles. The van der Waals surface area contributed by atoms with Crippen LogP contribution < -0.4 is 0 Å². The van der Waals surface area contributed by atoms with Gasteiger partial charge in [0.25, 0.3) is 4.96 Å². The first kappa shape index (κ1) is 11.2. The normalized spacial score (nSPS) is 10.9. The monoisotopic (exact) mass is 279 g/mol. The fraction of sp³-hybridized carbons (Fsp3) is 0. The summed E-state index contributed by atoms with van der Waals surface area (Å²) in [5.41, 5.74) is 0.874. The summed E-state index contributed by atoms with van der Waals surface area (Å²) in [4.78, 5) is 15.6.